The van der Waals surface area contributed by atoms with Gasteiger partial charge in [-0.1, -0.05) is 52.0 Å². The smallest absolute Gasteiger partial charge is 0.407 e. The van der Waals surface area contributed by atoms with Crippen LogP contribution in [0.3, 0.4) is 0 Å². The maximum atomic E-state index is 5.95. The molecule has 3 aromatic rings. The number of aromatic nitrogens is 2. The Hall–Kier alpha value is -2.12. The predicted octanol–water partition coefficient (Wildman–Crippen LogP) is 2.87. The molecule has 5 rings (SSSR count). The van der Waals surface area contributed by atoms with E-state index in [0.717, 1.165) is 33.1 Å². The Kier molecular flexibility index (Phi) is 5.45. The fraction of sp³-hybridized carbons (Fsp3) is 0.458. The molecule has 0 unspecified atom stereocenters. The van der Waals surface area contributed by atoms with Gasteiger partial charge in [0.15, 0.2) is 0 Å². The molecule has 0 aliphatic carbocycles. The Bertz CT molecular complexity index is 1120. The molecule has 8 heteroatoms. The van der Waals surface area contributed by atoms with Crippen LogP contribution in [0.2, 0.25) is 0 Å². The first kappa shape index (κ1) is 21.7. The van der Waals surface area contributed by atoms with Crippen LogP contribution >= 0.6 is 0 Å². The summed E-state index contributed by atoms with van der Waals surface area (Å²) >= 11 is 0. The highest BCUT2D eigenvalue weighted by Gasteiger charge is 2.34. The monoisotopic (exact) mass is 432 g/mol. The zero-order valence-electron chi connectivity index (χ0n) is 19.6. The van der Waals surface area contributed by atoms with Crippen LogP contribution in [0.4, 0.5) is 0 Å². The second-order valence-electron chi connectivity index (χ2n) is 10.7. The highest BCUT2D eigenvalue weighted by molar-refractivity contribution is 6.62. The van der Waals surface area contributed by atoms with Crippen LogP contribution in [0.5, 0.6) is 0 Å². The zero-order chi connectivity index (χ0) is 22.5. The third-order valence-corrected chi connectivity index (χ3v) is 6.04. The largest absolute Gasteiger partial charge is 0.493 e. The lowest BCUT2D eigenvalue weighted by Crippen LogP contribution is -2.47. The lowest BCUT2D eigenvalue weighted by atomic mass is 9.75. The quantitative estimate of drug-likeness (QED) is 0.597. The Morgan fingerprint density at radius 1 is 0.781 bits per heavy atom. The third-order valence-electron chi connectivity index (χ3n) is 6.04. The molecule has 0 amide bonds. The van der Waals surface area contributed by atoms with Crippen molar-refractivity contribution in [2.24, 2.45) is 10.8 Å². The highest BCUT2D eigenvalue weighted by Crippen LogP contribution is 2.24. The summed E-state index contributed by atoms with van der Waals surface area (Å²) in [7, 11) is -0.632. The lowest BCUT2D eigenvalue weighted by Gasteiger charge is -2.33. The van der Waals surface area contributed by atoms with E-state index in [4.69, 9.17) is 23.7 Å². The number of rotatable bonds is 3. The average molecular weight is 432 g/mol. The zero-order valence-corrected chi connectivity index (χ0v) is 19.6. The minimum absolute atomic E-state index is 0.0546. The molecule has 2 fully saturated rings. The molecular weight excluding hydrogens is 402 g/mol. The first-order valence-electron chi connectivity index (χ1n) is 11.3. The molecule has 2 aliphatic heterocycles. The van der Waals surface area contributed by atoms with Crippen molar-refractivity contribution in [2.45, 2.75) is 34.6 Å². The van der Waals surface area contributed by atoms with E-state index in [1.165, 1.54) is 0 Å². The molecule has 166 valence electrons. The number of aryl methyl sites for hydroxylation is 1. The molecule has 0 spiro atoms. The van der Waals surface area contributed by atoms with Gasteiger partial charge >= 0.3 is 14.2 Å². The van der Waals surface area contributed by atoms with Crippen LogP contribution in [-0.4, -0.2) is 50.4 Å². The normalized spacial score (nSPS) is 20.7. The van der Waals surface area contributed by atoms with Gasteiger partial charge in [-0.2, -0.15) is 5.10 Å². The van der Waals surface area contributed by atoms with Gasteiger partial charge in [-0.25, -0.2) is 4.68 Å². The summed E-state index contributed by atoms with van der Waals surface area (Å²) in [6, 6.07) is 12.5. The van der Waals surface area contributed by atoms with Crippen molar-refractivity contribution in [3.63, 3.8) is 0 Å². The van der Waals surface area contributed by atoms with Crippen LogP contribution in [0, 0.1) is 17.8 Å². The molecule has 6 nitrogen and oxygen atoms in total. The van der Waals surface area contributed by atoms with Gasteiger partial charge < -0.3 is 18.6 Å². The molecule has 2 aliphatic rings. The Morgan fingerprint density at radius 2 is 1.31 bits per heavy atom. The van der Waals surface area contributed by atoms with Crippen LogP contribution < -0.4 is 10.9 Å². The topological polar surface area (TPSA) is 54.7 Å². The second-order valence-corrected chi connectivity index (χ2v) is 10.7. The van der Waals surface area contributed by atoms with Crippen LogP contribution in [0.15, 0.2) is 42.6 Å². The molecule has 3 heterocycles. The number of hydrogen-bond donors (Lipinski definition) is 0. The van der Waals surface area contributed by atoms with Crippen molar-refractivity contribution in [3.05, 3.63) is 48.2 Å². The van der Waals surface area contributed by atoms with Gasteiger partial charge in [0.2, 0.25) is 0 Å². The SMILES string of the molecule is Cc1cc(B2OCC(C)(C)CO2)ccc1-n1cc2cc(B3OCC(C)(C)CO3)ccc2n1. The molecule has 2 saturated heterocycles. The summed E-state index contributed by atoms with van der Waals surface area (Å²) in [6.07, 6.45) is 2.06. The van der Waals surface area contributed by atoms with E-state index in [0.29, 0.717) is 26.4 Å². The van der Waals surface area contributed by atoms with Crippen LogP contribution in [0.1, 0.15) is 33.3 Å². The summed E-state index contributed by atoms with van der Waals surface area (Å²) in [5.74, 6) is 0. The van der Waals surface area contributed by atoms with Gasteiger partial charge in [0, 0.05) is 48.8 Å². The average Bonchev–Trinajstić information content (AvgIpc) is 3.16. The molecule has 0 N–H and O–H groups in total. The van der Waals surface area contributed by atoms with Gasteiger partial charge in [-0.3, -0.25) is 0 Å². The summed E-state index contributed by atoms with van der Waals surface area (Å²) in [6.45, 7) is 13.5. The van der Waals surface area contributed by atoms with E-state index in [1.54, 1.807) is 0 Å². The van der Waals surface area contributed by atoms with E-state index in [2.05, 4.69) is 65.1 Å². The maximum Gasteiger partial charge on any atom is 0.493 e. The third kappa shape index (κ3) is 4.37. The summed E-state index contributed by atoms with van der Waals surface area (Å²) in [4.78, 5) is 0. The van der Waals surface area contributed by atoms with Crippen molar-refractivity contribution in [2.75, 3.05) is 26.4 Å². The number of benzene rings is 2. The second kappa shape index (κ2) is 8.03. The van der Waals surface area contributed by atoms with Gasteiger partial charge in [0.1, 0.15) is 0 Å². The number of nitrogens with zero attached hydrogens (tertiary/aromatic N) is 2. The minimum atomic E-state index is -0.322. The number of hydrogen-bond acceptors (Lipinski definition) is 5. The van der Waals surface area contributed by atoms with E-state index in [1.807, 2.05) is 16.8 Å². The first-order chi connectivity index (χ1) is 15.2. The van der Waals surface area contributed by atoms with Crippen molar-refractivity contribution < 1.29 is 18.6 Å². The first-order valence-corrected chi connectivity index (χ1v) is 11.3. The van der Waals surface area contributed by atoms with Crippen LogP contribution in [-0.2, 0) is 18.6 Å². The van der Waals surface area contributed by atoms with E-state index in [9.17, 15) is 0 Å². The predicted molar refractivity (Wildman–Crippen MR) is 128 cm³/mol. The molecule has 0 radical (unpaired) electrons. The molecule has 0 atom stereocenters. The van der Waals surface area contributed by atoms with Gasteiger partial charge in [-0.05, 0) is 35.5 Å². The highest BCUT2D eigenvalue weighted by atomic mass is 16.6. The van der Waals surface area contributed by atoms with Gasteiger partial charge in [-0.15, -0.1) is 0 Å². The molecule has 0 bridgehead atoms. The molecular formula is C24H30B2N2O4. The molecule has 1 aromatic heterocycles. The Labute approximate surface area is 190 Å². The molecule has 0 saturated carbocycles. The van der Waals surface area contributed by atoms with Gasteiger partial charge in [0.05, 0.1) is 11.2 Å². The fourth-order valence-corrected chi connectivity index (χ4v) is 4.17. The molecule has 32 heavy (non-hydrogen) atoms. The Balaban J connectivity index is 1.36. The van der Waals surface area contributed by atoms with E-state index in [-0.39, 0.29) is 25.1 Å². The van der Waals surface area contributed by atoms with Gasteiger partial charge in [0.25, 0.3) is 0 Å². The molecule has 2 aromatic carbocycles. The summed E-state index contributed by atoms with van der Waals surface area (Å²) in [5.41, 5.74) is 5.27. The van der Waals surface area contributed by atoms with Crippen molar-refractivity contribution in [3.8, 4) is 5.69 Å². The minimum Gasteiger partial charge on any atom is -0.407 e. The van der Waals surface area contributed by atoms with Crippen molar-refractivity contribution in [1.82, 2.24) is 9.78 Å². The van der Waals surface area contributed by atoms with E-state index < -0.39 is 0 Å². The van der Waals surface area contributed by atoms with E-state index >= 15 is 0 Å². The fourth-order valence-electron chi connectivity index (χ4n) is 4.17. The van der Waals surface area contributed by atoms with Crippen molar-refractivity contribution in [1.29, 1.82) is 0 Å². The Morgan fingerprint density at radius 3 is 1.88 bits per heavy atom. The lowest BCUT2D eigenvalue weighted by molar-refractivity contribution is 0.0342. The van der Waals surface area contributed by atoms with Crippen LogP contribution in [0.25, 0.3) is 16.6 Å². The summed E-state index contributed by atoms with van der Waals surface area (Å²) in [5, 5.41) is 5.85. The maximum absolute atomic E-state index is 5.95. The standard InChI is InChI=1S/C24H30B2N2O4/c1-17-10-19(25-29-13-23(2,3)14-30-25)7-9-22(17)28-12-18-11-20(6-8-21(18)27-28)26-31-15-24(4,5)16-32-26/h6-12H,13-16H2,1-5H3. The number of fused-ring (bicyclic) bond motifs is 1. The van der Waals surface area contributed by atoms with Crippen molar-refractivity contribution >= 4 is 36.1 Å². The summed E-state index contributed by atoms with van der Waals surface area (Å²) < 4.78 is 25.7.